The Balaban J connectivity index is 1.59. The van der Waals surface area contributed by atoms with E-state index in [1.165, 1.54) is 23.0 Å². The summed E-state index contributed by atoms with van der Waals surface area (Å²) in [6, 6.07) is 3.82. The van der Waals surface area contributed by atoms with E-state index in [9.17, 15) is 18.8 Å². The number of halogens is 1. The molecule has 0 bridgehead atoms. The quantitative estimate of drug-likeness (QED) is 0.704. The summed E-state index contributed by atoms with van der Waals surface area (Å²) in [5, 5.41) is 0.153. The lowest BCUT2D eigenvalue weighted by Gasteiger charge is -2.35. The number of aromatic nitrogens is 2. The maximum atomic E-state index is 13.4. The van der Waals surface area contributed by atoms with E-state index in [2.05, 4.69) is 4.98 Å². The zero-order valence-corrected chi connectivity index (χ0v) is 16.8. The first kappa shape index (κ1) is 20.9. The minimum atomic E-state index is -0.518. The van der Waals surface area contributed by atoms with Crippen molar-refractivity contribution in [2.24, 2.45) is 0 Å². The number of benzene rings is 1. The van der Waals surface area contributed by atoms with Crippen molar-refractivity contribution in [1.29, 1.82) is 0 Å². The van der Waals surface area contributed by atoms with Gasteiger partial charge in [-0.25, -0.2) is 9.37 Å². The minimum Gasteiger partial charge on any atom is -0.342 e. The Bertz CT molecular complexity index is 949. The lowest BCUT2D eigenvalue weighted by molar-refractivity contribution is -0.135. The van der Waals surface area contributed by atoms with Gasteiger partial charge in [0.1, 0.15) is 12.4 Å². The molecule has 156 valence electrons. The number of carbonyl (C=O) groups excluding carboxylic acids is 2. The molecule has 8 nitrogen and oxygen atoms in total. The highest BCUT2D eigenvalue weighted by Gasteiger charge is 2.24. The van der Waals surface area contributed by atoms with Crippen molar-refractivity contribution in [3.05, 3.63) is 40.7 Å². The Morgan fingerprint density at radius 1 is 1.10 bits per heavy atom. The molecule has 0 aliphatic carbocycles. The SMILES string of the molecule is CCN(CC)C(=O)CN1CCN(C(=O)Cn2cnc3ccc(F)cc3c2=O)CC1. The lowest BCUT2D eigenvalue weighted by atomic mass is 10.2. The van der Waals surface area contributed by atoms with Crippen LogP contribution in [-0.2, 0) is 16.1 Å². The molecule has 9 heteroatoms. The monoisotopic (exact) mass is 403 g/mol. The fraction of sp³-hybridized carbons (Fsp3) is 0.500. The van der Waals surface area contributed by atoms with Crippen molar-refractivity contribution in [2.45, 2.75) is 20.4 Å². The zero-order chi connectivity index (χ0) is 21.0. The maximum absolute atomic E-state index is 13.4. The van der Waals surface area contributed by atoms with Crippen LogP contribution in [0.2, 0.25) is 0 Å². The number of hydrogen-bond donors (Lipinski definition) is 0. The van der Waals surface area contributed by atoms with Gasteiger partial charge in [-0.05, 0) is 32.0 Å². The fourth-order valence-electron chi connectivity index (χ4n) is 3.51. The molecule has 0 N–H and O–H groups in total. The number of carbonyl (C=O) groups is 2. The van der Waals surface area contributed by atoms with Gasteiger partial charge in [0.25, 0.3) is 5.56 Å². The third-order valence-corrected chi connectivity index (χ3v) is 5.29. The van der Waals surface area contributed by atoms with Crippen LogP contribution in [0.4, 0.5) is 4.39 Å². The van der Waals surface area contributed by atoms with Gasteiger partial charge < -0.3 is 9.80 Å². The summed E-state index contributed by atoms with van der Waals surface area (Å²) in [5.41, 5.74) is -0.0436. The molecule has 0 unspecified atom stereocenters. The number of hydrogen-bond acceptors (Lipinski definition) is 5. The Labute approximate surface area is 168 Å². The predicted octanol–water partition coefficient (Wildman–Crippen LogP) is 0.548. The smallest absolute Gasteiger partial charge is 0.261 e. The molecule has 1 aromatic carbocycles. The van der Waals surface area contributed by atoms with Crippen LogP contribution in [0.1, 0.15) is 13.8 Å². The van der Waals surface area contributed by atoms with Gasteiger partial charge in [0, 0.05) is 39.3 Å². The molecule has 1 aromatic heterocycles. The fourth-order valence-corrected chi connectivity index (χ4v) is 3.51. The highest BCUT2D eigenvalue weighted by molar-refractivity contribution is 5.79. The molecule has 0 atom stereocenters. The van der Waals surface area contributed by atoms with E-state index < -0.39 is 11.4 Å². The first-order valence-electron chi connectivity index (χ1n) is 9.85. The van der Waals surface area contributed by atoms with Gasteiger partial charge in [-0.3, -0.25) is 23.9 Å². The van der Waals surface area contributed by atoms with Crippen molar-refractivity contribution in [1.82, 2.24) is 24.3 Å². The average Bonchev–Trinajstić information content (AvgIpc) is 2.72. The molecule has 29 heavy (non-hydrogen) atoms. The summed E-state index contributed by atoms with van der Waals surface area (Å²) in [7, 11) is 0. The van der Waals surface area contributed by atoms with Crippen LogP contribution in [0, 0.1) is 5.82 Å². The lowest BCUT2D eigenvalue weighted by Crippen LogP contribution is -2.52. The molecule has 0 radical (unpaired) electrons. The Morgan fingerprint density at radius 3 is 2.45 bits per heavy atom. The van der Waals surface area contributed by atoms with Gasteiger partial charge in [-0.2, -0.15) is 0 Å². The minimum absolute atomic E-state index is 0.0933. The number of nitrogens with zero attached hydrogens (tertiary/aromatic N) is 5. The number of rotatable bonds is 6. The first-order valence-corrected chi connectivity index (χ1v) is 9.85. The van der Waals surface area contributed by atoms with Gasteiger partial charge in [0.05, 0.1) is 23.8 Å². The van der Waals surface area contributed by atoms with Crippen LogP contribution in [0.5, 0.6) is 0 Å². The van der Waals surface area contributed by atoms with E-state index in [0.717, 1.165) is 6.07 Å². The van der Waals surface area contributed by atoms with Crippen LogP contribution in [0.15, 0.2) is 29.3 Å². The van der Waals surface area contributed by atoms with Crippen molar-refractivity contribution in [2.75, 3.05) is 45.8 Å². The highest BCUT2D eigenvalue weighted by atomic mass is 19.1. The topological polar surface area (TPSA) is 78.8 Å². The number of piperazine rings is 1. The molecule has 0 spiro atoms. The third-order valence-electron chi connectivity index (χ3n) is 5.29. The molecule has 2 aromatic rings. The van der Waals surface area contributed by atoms with E-state index in [1.54, 1.807) is 9.80 Å². The Kier molecular flexibility index (Phi) is 6.58. The summed E-state index contributed by atoms with van der Waals surface area (Å²) in [4.78, 5) is 47.0. The number of amides is 2. The molecule has 1 aliphatic heterocycles. The van der Waals surface area contributed by atoms with Gasteiger partial charge in [-0.15, -0.1) is 0 Å². The van der Waals surface area contributed by atoms with E-state index in [4.69, 9.17) is 0 Å². The average molecular weight is 403 g/mol. The molecule has 3 rings (SSSR count). The highest BCUT2D eigenvalue weighted by Crippen LogP contribution is 2.09. The standard InChI is InChI=1S/C20H26FN5O3/c1-3-24(4-2)18(27)12-23-7-9-25(10-8-23)19(28)13-26-14-22-17-6-5-15(21)11-16(17)20(26)29/h5-6,11,14H,3-4,7-10,12-13H2,1-2H3. The van der Waals surface area contributed by atoms with Crippen LogP contribution in [-0.4, -0.2) is 81.9 Å². The molecular weight excluding hydrogens is 377 g/mol. The number of fused-ring (bicyclic) bond motifs is 1. The Morgan fingerprint density at radius 2 is 1.79 bits per heavy atom. The van der Waals surface area contributed by atoms with Gasteiger partial charge in [0.15, 0.2) is 0 Å². The summed E-state index contributed by atoms with van der Waals surface area (Å²) >= 11 is 0. The zero-order valence-electron chi connectivity index (χ0n) is 16.8. The molecule has 2 amide bonds. The van der Waals surface area contributed by atoms with Crippen molar-refractivity contribution in [3.63, 3.8) is 0 Å². The first-order chi connectivity index (χ1) is 13.9. The normalized spacial score (nSPS) is 14.9. The summed E-state index contributed by atoms with van der Waals surface area (Å²) in [5.74, 6) is -0.619. The summed E-state index contributed by atoms with van der Waals surface area (Å²) in [6.07, 6.45) is 1.32. The summed E-state index contributed by atoms with van der Waals surface area (Å²) in [6.45, 7) is 7.69. The second-order valence-corrected chi connectivity index (χ2v) is 7.06. The molecule has 1 aliphatic rings. The largest absolute Gasteiger partial charge is 0.342 e. The van der Waals surface area contributed by atoms with E-state index in [-0.39, 0.29) is 23.7 Å². The molecule has 0 saturated carbocycles. The van der Waals surface area contributed by atoms with Gasteiger partial charge >= 0.3 is 0 Å². The van der Waals surface area contributed by atoms with Crippen molar-refractivity contribution in [3.8, 4) is 0 Å². The third kappa shape index (κ3) is 4.79. The number of likely N-dealkylation sites (N-methyl/N-ethyl adjacent to an activating group) is 1. The predicted molar refractivity (Wildman–Crippen MR) is 107 cm³/mol. The second-order valence-electron chi connectivity index (χ2n) is 7.06. The van der Waals surface area contributed by atoms with E-state index in [1.807, 2.05) is 18.7 Å². The van der Waals surface area contributed by atoms with Crippen LogP contribution >= 0.6 is 0 Å². The second kappa shape index (κ2) is 9.13. The van der Waals surface area contributed by atoms with Crippen molar-refractivity contribution < 1.29 is 14.0 Å². The van der Waals surface area contributed by atoms with E-state index >= 15 is 0 Å². The molecular formula is C20H26FN5O3. The molecule has 1 saturated heterocycles. The summed E-state index contributed by atoms with van der Waals surface area (Å²) < 4.78 is 14.6. The van der Waals surface area contributed by atoms with Gasteiger partial charge in [-0.1, -0.05) is 0 Å². The maximum Gasteiger partial charge on any atom is 0.261 e. The van der Waals surface area contributed by atoms with Crippen LogP contribution in [0.25, 0.3) is 10.9 Å². The van der Waals surface area contributed by atoms with Crippen LogP contribution < -0.4 is 5.56 Å². The van der Waals surface area contributed by atoms with Gasteiger partial charge in [0.2, 0.25) is 11.8 Å². The molecule has 1 fully saturated rings. The van der Waals surface area contributed by atoms with E-state index in [0.29, 0.717) is 51.3 Å². The van der Waals surface area contributed by atoms with Crippen LogP contribution in [0.3, 0.4) is 0 Å². The molecule has 2 heterocycles. The Hall–Kier alpha value is -2.81. The van der Waals surface area contributed by atoms with Crippen molar-refractivity contribution >= 4 is 22.7 Å².